The SMILES string of the molecule is CCCOc1ccccc1[Si](OCC)(OCC)OCC. The smallest absolute Gasteiger partial charge is 0.493 e. The second-order valence-corrected chi connectivity index (χ2v) is 6.72. The van der Waals surface area contributed by atoms with Crippen LogP contribution in [-0.2, 0) is 13.3 Å². The van der Waals surface area contributed by atoms with Crippen molar-refractivity contribution in [3.8, 4) is 5.75 Å². The van der Waals surface area contributed by atoms with Gasteiger partial charge in [-0.05, 0) is 33.3 Å². The Morgan fingerprint density at radius 1 is 0.850 bits per heavy atom. The molecule has 0 unspecified atom stereocenters. The van der Waals surface area contributed by atoms with Crippen LogP contribution in [0.2, 0.25) is 0 Å². The third kappa shape index (κ3) is 4.31. The molecule has 1 aromatic rings. The van der Waals surface area contributed by atoms with Gasteiger partial charge in [-0.2, -0.15) is 0 Å². The van der Waals surface area contributed by atoms with Gasteiger partial charge >= 0.3 is 8.80 Å². The van der Waals surface area contributed by atoms with E-state index in [0.29, 0.717) is 26.4 Å². The average molecular weight is 298 g/mol. The Morgan fingerprint density at radius 3 is 1.90 bits per heavy atom. The molecule has 0 spiro atoms. The molecule has 0 amide bonds. The predicted molar refractivity (Wildman–Crippen MR) is 82.5 cm³/mol. The first-order valence-corrected chi connectivity index (χ1v) is 9.10. The first kappa shape index (κ1) is 17.2. The van der Waals surface area contributed by atoms with E-state index < -0.39 is 8.80 Å². The number of benzene rings is 1. The highest BCUT2D eigenvalue weighted by atomic mass is 28.4. The molecule has 0 aromatic heterocycles. The Hall–Kier alpha value is -0.883. The number of ether oxygens (including phenoxy) is 1. The van der Waals surface area contributed by atoms with Crippen LogP contribution in [0.1, 0.15) is 34.1 Å². The van der Waals surface area contributed by atoms with E-state index in [2.05, 4.69) is 6.92 Å². The number of hydrogen-bond donors (Lipinski definition) is 0. The number of hydrogen-bond acceptors (Lipinski definition) is 4. The molecule has 0 aliphatic heterocycles. The van der Waals surface area contributed by atoms with Crippen LogP contribution >= 0.6 is 0 Å². The molecule has 0 fully saturated rings. The molecule has 5 heteroatoms. The average Bonchev–Trinajstić information content (AvgIpc) is 2.46. The fourth-order valence-electron chi connectivity index (χ4n) is 1.99. The van der Waals surface area contributed by atoms with E-state index >= 15 is 0 Å². The standard InChI is InChI=1S/C15H26O4Si/c1-5-13-16-14-11-9-10-12-15(14)20(17-6-2,18-7-3)19-8-4/h9-12H,5-8,13H2,1-4H3. The van der Waals surface area contributed by atoms with E-state index in [-0.39, 0.29) is 0 Å². The Labute approximate surface area is 123 Å². The quantitative estimate of drug-likeness (QED) is 0.622. The molecule has 0 N–H and O–H groups in total. The van der Waals surface area contributed by atoms with Crippen LogP contribution < -0.4 is 9.92 Å². The number of para-hydroxylation sites is 1. The Balaban J connectivity index is 3.16. The molecule has 4 nitrogen and oxygen atoms in total. The molecule has 0 heterocycles. The maximum Gasteiger partial charge on any atom is 0.541 e. The van der Waals surface area contributed by atoms with Gasteiger partial charge in [-0.15, -0.1) is 0 Å². The molecular formula is C15H26O4Si. The summed E-state index contributed by atoms with van der Waals surface area (Å²) in [5.41, 5.74) is 0. The van der Waals surface area contributed by atoms with Crippen molar-refractivity contribution < 1.29 is 18.0 Å². The highest BCUT2D eigenvalue weighted by Gasteiger charge is 2.45. The van der Waals surface area contributed by atoms with Gasteiger partial charge in [-0.3, -0.25) is 0 Å². The van der Waals surface area contributed by atoms with Crippen molar-refractivity contribution in [1.29, 1.82) is 0 Å². The van der Waals surface area contributed by atoms with Crippen LogP contribution in [0.5, 0.6) is 5.75 Å². The van der Waals surface area contributed by atoms with E-state index in [1.165, 1.54) is 0 Å². The molecule has 0 aliphatic carbocycles. The lowest BCUT2D eigenvalue weighted by Gasteiger charge is -2.29. The lowest BCUT2D eigenvalue weighted by molar-refractivity contribution is 0.0852. The fraction of sp³-hybridized carbons (Fsp3) is 0.600. The molecular weight excluding hydrogens is 272 g/mol. The monoisotopic (exact) mass is 298 g/mol. The van der Waals surface area contributed by atoms with E-state index in [1.54, 1.807) is 0 Å². The van der Waals surface area contributed by atoms with Crippen LogP contribution in [0.3, 0.4) is 0 Å². The minimum absolute atomic E-state index is 0.550. The lowest BCUT2D eigenvalue weighted by atomic mass is 10.3. The van der Waals surface area contributed by atoms with Gasteiger partial charge in [0.2, 0.25) is 0 Å². The van der Waals surface area contributed by atoms with E-state index in [9.17, 15) is 0 Å². The van der Waals surface area contributed by atoms with Gasteiger partial charge in [0.15, 0.2) is 0 Å². The summed E-state index contributed by atoms with van der Waals surface area (Å²) in [5.74, 6) is 0.802. The van der Waals surface area contributed by atoms with Gasteiger partial charge in [-0.25, -0.2) is 0 Å². The van der Waals surface area contributed by atoms with Crippen LogP contribution in [0, 0.1) is 0 Å². The van der Waals surface area contributed by atoms with Crippen molar-refractivity contribution in [2.45, 2.75) is 34.1 Å². The molecule has 0 saturated heterocycles. The minimum Gasteiger partial charge on any atom is -0.493 e. The normalized spacial score (nSPS) is 11.6. The predicted octanol–water partition coefficient (Wildman–Crippen LogP) is 2.73. The lowest BCUT2D eigenvalue weighted by Crippen LogP contribution is -2.57. The summed E-state index contributed by atoms with van der Waals surface area (Å²) in [6.07, 6.45) is 0.959. The molecule has 20 heavy (non-hydrogen) atoms. The third-order valence-electron chi connectivity index (χ3n) is 2.68. The topological polar surface area (TPSA) is 36.9 Å². The largest absolute Gasteiger partial charge is 0.541 e. The molecule has 0 aliphatic rings. The van der Waals surface area contributed by atoms with Crippen LogP contribution in [0.4, 0.5) is 0 Å². The summed E-state index contributed by atoms with van der Waals surface area (Å²) in [4.78, 5) is 0. The first-order valence-electron chi connectivity index (χ1n) is 7.38. The zero-order valence-corrected chi connectivity index (χ0v) is 14.0. The summed E-state index contributed by atoms with van der Waals surface area (Å²) < 4.78 is 23.6. The first-order chi connectivity index (χ1) is 9.74. The molecule has 1 rings (SSSR count). The zero-order valence-electron chi connectivity index (χ0n) is 13.0. The molecule has 1 aromatic carbocycles. The van der Waals surface area contributed by atoms with Gasteiger partial charge < -0.3 is 18.0 Å². The summed E-state index contributed by atoms with van der Waals surface area (Å²) in [6.45, 7) is 10.3. The Morgan fingerprint density at radius 2 is 1.40 bits per heavy atom. The van der Waals surface area contributed by atoms with E-state index in [0.717, 1.165) is 17.4 Å². The molecule has 0 bridgehead atoms. The van der Waals surface area contributed by atoms with Crippen LogP contribution in [-0.4, -0.2) is 35.2 Å². The van der Waals surface area contributed by atoms with Crippen molar-refractivity contribution in [3.05, 3.63) is 24.3 Å². The molecule has 0 atom stereocenters. The van der Waals surface area contributed by atoms with Gasteiger partial charge in [0.1, 0.15) is 5.75 Å². The maximum absolute atomic E-state index is 5.93. The fourth-order valence-corrected chi connectivity index (χ4v) is 4.60. The Bertz CT molecular complexity index is 367. The van der Waals surface area contributed by atoms with Crippen molar-refractivity contribution in [1.82, 2.24) is 0 Å². The van der Waals surface area contributed by atoms with Gasteiger partial charge in [0, 0.05) is 19.8 Å². The molecule has 114 valence electrons. The van der Waals surface area contributed by atoms with Gasteiger partial charge in [-0.1, -0.05) is 25.1 Å². The second-order valence-electron chi connectivity index (χ2n) is 4.20. The van der Waals surface area contributed by atoms with E-state index in [1.807, 2.05) is 45.0 Å². The highest BCUT2D eigenvalue weighted by molar-refractivity contribution is 6.76. The second kappa shape index (κ2) is 9.13. The van der Waals surface area contributed by atoms with Crippen molar-refractivity contribution in [3.63, 3.8) is 0 Å². The Kier molecular flexibility index (Phi) is 7.83. The van der Waals surface area contributed by atoms with Gasteiger partial charge in [0.05, 0.1) is 11.8 Å². The van der Waals surface area contributed by atoms with Crippen molar-refractivity contribution >= 4 is 14.0 Å². The maximum atomic E-state index is 5.93. The van der Waals surface area contributed by atoms with Gasteiger partial charge in [0.25, 0.3) is 0 Å². The van der Waals surface area contributed by atoms with E-state index in [4.69, 9.17) is 18.0 Å². The van der Waals surface area contributed by atoms with Crippen LogP contribution in [0.15, 0.2) is 24.3 Å². The summed E-state index contributed by atoms with van der Waals surface area (Å²) in [7, 11) is -2.89. The minimum atomic E-state index is -2.89. The van der Waals surface area contributed by atoms with Crippen molar-refractivity contribution in [2.75, 3.05) is 26.4 Å². The number of rotatable bonds is 10. The molecule has 0 saturated carbocycles. The van der Waals surface area contributed by atoms with Crippen molar-refractivity contribution in [2.24, 2.45) is 0 Å². The summed E-state index contributed by atoms with van der Waals surface area (Å²) in [5, 5.41) is 0.916. The third-order valence-corrected chi connectivity index (χ3v) is 5.76. The molecule has 0 radical (unpaired) electrons. The summed E-state index contributed by atoms with van der Waals surface area (Å²) >= 11 is 0. The highest BCUT2D eigenvalue weighted by Crippen LogP contribution is 2.18. The van der Waals surface area contributed by atoms with Crippen LogP contribution in [0.25, 0.3) is 0 Å². The zero-order chi connectivity index (χ0) is 14.8. The summed E-state index contributed by atoms with van der Waals surface area (Å²) in [6, 6.07) is 7.85.